The lowest BCUT2D eigenvalue weighted by atomic mass is 10.4. The predicted octanol–water partition coefficient (Wildman–Crippen LogP) is 0.381. The van der Waals surface area contributed by atoms with Crippen LogP contribution >= 0.6 is 11.6 Å². The lowest BCUT2D eigenvalue weighted by molar-refractivity contribution is 0.395. The summed E-state index contributed by atoms with van der Waals surface area (Å²) in [6.07, 6.45) is 1.42. The molecule has 4 nitrogen and oxygen atoms in total. The average molecular weight is 187 g/mol. The molecule has 0 aliphatic carbocycles. The molecule has 0 atom stereocenters. The molecule has 0 saturated heterocycles. The number of hydrogen-bond acceptors (Lipinski definition) is 4. The quantitative estimate of drug-likeness (QED) is 0.695. The molecule has 1 aromatic rings. The first-order valence-electron chi connectivity index (χ1n) is 3.21. The number of nitrogens with zero attached hydrogens (tertiary/aromatic N) is 1. The van der Waals surface area contributed by atoms with Gasteiger partial charge in [-0.2, -0.15) is 0 Å². The molecule has 6 heteroatoms. The fourth-order valence-corrected chi connectivity index (χ4v) is 0.945. The number of methoxy groups -OCH3 is 1. The predicted molar refractivity (Wildman–Crippen MR) is 45.8 cm³/mol. The largest absolute Gasteiger partial charge is 0.538 e. The van der Waals surface area contributed by atoms with E-state index in [2.05, 4.69) is 4.98 Å². The third-order valence-electron chi connectivity index (χ3n) is 1.21. The molecule has 0 aliphatic heterocycles. The first-order chi connectivity index (χ1) is 5.77. The van der Waals surface area contributed by atoms with Crippen LogP contribution < -0.4 is 9.39 Å². The molecule has 0 aromatic carbocycles. The minimum absolute atomic E-state index is 0.335. The zero-order valence-corrected chi connectivity index (χ0v) is 7.21. The Morgan fingerprint density at radius 3 is 2.92 bits per heavy atom. The van der Waals surface area contributed by atoms with Gasteiger partial charge in [-0.1, -0.05) is 11.6 Å². The Morgan fingerprint density at radius 1 is 1.67 bits per heavy atom. The van der Waals surface area contributed by atoms with Gasteiger partial charge in [0.2, 0.25) is 5.88 Å². The molecule has 0 amide bonds. The molecule has 1 rings (SSSR count). The van der Waals surface area contributed by atoms with Crippen molar-refractivity contribution < 1.29 is 14.4 Å². The summed E-state index contributed by atoms with van der Waals surface area (Å²) in [6.45, 7) is 0. The summed E-state index contributed by atoms with van der Waals surface area (Å²) in [5, 5.41) is 8.76. The highest BCUT2D eigenvalue weighted by Crippen LogP contribution is 2.24. The maximum absolute atomic E-state index is 8.41. The Morgan fingerprint density at radius 2 is 2.42 bits per heavy atom. The zero-order chi connectivity index (χ0) is 8.97. The second kappa shape index (κ2) is 4.18. The Kier molecular flexibility index (Phi) is 3.19. The van der Waals surface area contributed by atoms with Crippen LogP contribution in [0.25, 0.3) is 0 Å². The van der Waals surface area contributed by atoms with Crippen LogP contribution in [0.1, 0.15) is 0 Å². The minimum Gasteiger partial charge on any atom is -0.538 e. The van der Waals surface area contributed by atoms with E-state index in [0.29, 0.717) is 16.7 Å². The van der Waals surface area contributed by atoms with Crippen LogP contribution in [0.2, 0.25) is 5.02 Å². The maximum Gasteiger partial charge on any atom is 0.504 e. The molecule has 0 bridgehead atoms. The Hall–Kier alpha value is -0.935. The van der Waals surface area contributed by atoms with Crippen molar-refractivity contribution in [2.24, 2.45) is 0 Å². The van der Waals surface area contributed by atoms with E-state index >= 15 is 0 Å². The van der Waals surface area contributed by atoms with Crippen molar-refractivity contribution in [2.45, 2.75) is 0 Å². The summed E-state index contributed by atoms with van der Waals surface area (Å²) in [5.41, 5.74) is 0. The molecule has 0 saturated carbocycles. The van der Waals surface area contributed by atoms with Gasteiger partial charge in [0, 0.05) is 6.07 Å². The number of halogens is 1. The molecule has 0 fully saturated rings. The first kappa shape index (κ1) is 9.16. The lowest BCUT2D eigenvalue weighted by Crippen LogP contribution is -2.00. The Balaban J connectivity index is 2.86. The normalized spacial score (nSPS) is 9.25. The van der Waals surface area contributed by atoms with Gasteiger partial charge < -0.3 is 14.4 Å². The zero-order valence-electron chi connectivity index (χ0n) is 6.45. The van der Waals surface area contributed by atoms with Gasteiger partial charge in [-0.15, -0.1) is 0 Å². The highest BCUT2D eigenvalue weighted by atomic mass is 35.5. The van der Waals surface area contributed by atoms with E-state index in [4.69, 9.17) is 26.0 Å². The molecule has 0 unspecified atom stereocenters. The number of aromatic nitrogens is 1. The van der Waals surface area contributed by atoms with Gasteiger partial charge in [-0.3, -0.25) is 0 Å². The van der Waals surface area contributed by atoms with Crippen molar-refractivity contribution in [3.63, 3.8) is 0 Å². The highest BCUT2D eigenvalue weighted by molar-refractivity contribution is 6.32. The molecule has 0 radical (unpaired) electrons. The van der Waals surface area contributed by atoms with E-state index in [1.54, 1.807) is 0 Å². The SMILES string of the molecule is COc1ncc(OBO)cc1Cl. The summed E-state index contributed by atoms with van der Waals surface area (Å²) in [4.78, 5) is 3.83. The van der Waals surface area contributed by atoms with Crippen LogP contribution in [0.3, 0.4) is 0 Å². The summed E-state index contributed by atoms with van der Waals surface area (Å²) in [7, 11) is 1.07. The molecule has 64 valence electrons. The molecular weight excluding hydrogens is 180 g/mol. The fraction of sp³-hybridized carbons (Fsp3) is 0.167. The van der Waals surface area contributed by atoms with Crippen molar-refractivity contribution in [2.75, 3.05) is 7.11 Å². The van der Waals surface area contributed by atoms with E-state index in [1.165, 1.54) is 19.4 Å². The number of pyridine rings is 1. The Bertz CT molecular complexity index is 271. The van der Waals surface area contributed by atoms with Gasteiger partial charge in [0.25, 0.3) is 0 Å². The van der Waals surface area contributed by atoms with Crippen LogP contribution in [0, 0.1) is 0 Å². The van der Waals surface area contributed by atoms with Gasteiger partial charge >= 0.3 is 7.69 Å². The van der Waals surface area contributed by atoms with Crippen molar-refractivity contribution in [1.82, 2.24) is 4.98 Å². The van der Waals surface area contributed by atoms with Crippen molar-refractivity contribution in [3.8, 4) is 11.6 Å². The molecule has 1 heterocycles. The van der Waals surface area contributed by atoms with E-state index in [1.807, 2.05) is 0 Å². The van der Waals surface area contributed by atoms with E-state index in [9.17, 15) is 0 Å². The first-order valence-corrected chi connectivity index (χ1v) is 3.59. The van der Waals surface area contributed by atoms with Crippen molar-refractivity contribution in [3.05, 3.63) is 17.3 Å². The molecule has 1 aromatic heterocycles. The summed E-state index contributed by atoms with van der Waals surface area (Å²) < 4.78 is 9.56. The van der Waals surface area contributed by atoms with E-state index in [0.717, 1.165) is 0 Å². The monoisotopic (exact) mass is 187 g/mol. The average Bonchev–Trinajstić information content (AvgIpc) is 2.05. The minimum atomic E-state index is -0.398. The fourth-order valence-electron chi connectivity index (χ4n) is 0.711. The number of rotatable bonds is 3. The Labute approximate surface area is 75.4 Å². The summed E-state index contributed by atoms with van der Waals surface area (Å²) >= 11 is 5.72. The second-order valence-corrected chi connectivity index (χ2v) is 2.34. The van der Waals surface area contributed by atoms with Crippen LogP contribution in [0.15, 0.2) is 12.3 Å². The van der Waals surface area contributed by atoms with Gasteiger partial charge in [-0.25, -0.2) is 4.98 Å². The van der Waals surface area contributed by atoms with E-state index in [-0.39, 0.29) is 0 Å². The second-order valence-electron chi connectivity index (χ2n) is 1.94. The van der Waals surface area contributed by atoms with Crippen LogP contribution in [0.5, 0.6) is 11.6 Å². The molecule has 1 N–H and O–H groups in total. The van der Waals surface area contributed by atoms with Gasteiger partial charge in [0.15, 0.2) is 0 Å². The van der Waals surface area contributed by atoms with Crippen LogP contribution in [-0.4, -0.2) is 24.8 Å². The van der Waals surface area contributed by atoms with E-state index < -0.39 is 7.69 Å². The molecule has 0 spiro atoms. The van der Waals surface area contributed by atoms with Gasteiger partial charge in [0.05, 0.1) is 13.3 Å². The lowest BCUT2D eigenvalue weighted by Gasteiger charge is -2.04. The van der Waals surface area contributed by atoms with Gasteiger partial charge in [-0.05, 0) is 0 Å². The molecular formula is C6H7BClNO3. The van der Waals surface area contributed by atoms with Crippen LogP contribution in [0.4, 0.5) is 0 Å². The smallest absolute Gasteiger partial charge is 0.504 e. The molecule has 0 aliphatic rings. The summed E-state index contributed by atoms with van der Waals surface area (Å²) in [6, 6.07) is 1.52. The van der Waals surface area contributed by atoms with Crippen LogP contribution in [-0.2, 0) is 0 Å². The van der Waals surface area contributed by atoms with Crippen molar-refractivity contribution in [1.29, 1.82) is 0 Å². The topological polar surface area (TPSA) is 51.6 Å². The third kappa shape index (κ3) is 2.02. The standard InChI is InChI=1S/C6H7BClNO3/c1-11-6-5(8)2-4(3-9-6)12-7-10/h2-3,7,10H,1H3. The van der Waals surface area contributed by atoms with Crippen molar-refractivity contribution >= 4 is 19.3 Å². The molecule has 12 heavy (non-hydrogen) atoms. The maximum atomic E-state index is 8.41. The summed E-state index contributed by atoms with van der Waals surface area (Å²) in [5.74, 6) is 0.741. The highest BCUT2D eigenvalue weighted by Gasteiger charge is 2.03. The number of ether oxygens (including phenoxy) is 1. The number of hydrogen-bond donors (Lipinski definition) is 1. The third-order valence-corrected chi connectivity index (χ3v) is 1.48. The van der Waals surface area contributed by atoms with Gasteiger partial charge in [0.1, 0.15) is 10.8 Å².